The Bertz CT molecular complexity index is 432. The van der Waals surface area contributed by atoms with E-state index in [4.69, 9.17) is 0 Å². The standard InChI is InChI=1S/C13H13NS/c1-2-11-15-13-8-4-3-7-12(13)14-9-5-6-10-14/h2-10H,1,11H2. The van der Waals surface area contributed by atoms with Gasteiger partial charge in [0.1, 0.15) is 0 Å². The van der Waals surface area contributed by atoms with Crippen molar-refractivity contribution in [1.82, 2.24) is 4.57 Å². The molecule has 0 amide bonds. The molecule has 0 bridgehead atoms. The van der Waals surface area contributed by atoms with Crippen molar-refractivity contribution in [3.05, 3.63) is 61.4 Å². The van der Waals surface area contributed by atoms with Crippen LogP contribution in [-0.2, 0) is 0 Å². The highest BCUT2D eigenvalue weighted by atomic mass is 32.2. The molecule has 0 aliphatic carbocycles. The van der Waals surface area contributed by atoms with Gasteiger partial charge in [-0.1, -0.05) is 18.2 Å². The highest BCUT2D eigenvalue weighted by Gasteiger charge is 2.01. The Morgan fingerprint density at radius 3 is 2.60 bits per heavy atom. The first-order valence-corrected chi connectivity index (χ1v) is 5.86. The fraction of sp³-hybridized carbons (Fsp3) is 0.0769. The Balaban J connectivity index is 2.34. The zero-order valence-electron chi connectivity index (χ0n) is 8.47. The van der Waals surface area contributed by atoms with E-state index in [1.807, 2.05) is 18.2 Å². The van der Waals surface area contributed by atoms with Crippen LogP contribution in [-0.4, -0.2) is 10.3 Å². The topological polar surface area (TPSA) is 4.93 Å². The molecule has 0 saturated carbocycles. The van der Waals surface area contributed by atoms with Crippen LogP contribution < -0.4 is 0 Å². The highest BCUT2D eigenvalue weighted by Crippen LogP contribution is 2.25. The van der Waals surface area contributed by atoms with Crippen molar-refractivity contribution in [2.45, 2.75) is 4.90 Å². The maximum atomic E-state index is 3.74. The molecule has 2 aromatic rings. The molecule has 0 saturated heterocycles. The van der Waals surface area contributed by atoms with Crippen LogP contribution in [0.2, 0.25) is 0 Å². The first kappa shape index (κ1) is 10.1. The lowest BCUT2D eigenvalue weighted by Crippen LogP contribution is -1.92. The van der Waals surface area contributed by atoms with Crippen LogP contribution in [0.25, 0.3) is 5.69 Å². The van der Waals surface area contributed by atoms with Gasteiger partial charge in [0, 0.05) is 23.0 Å². The summed E-state index contributed by atoms with van der Waals surface area (Å²) in [7, 11) is 0. The third kappa shape index (κ3) is 2.34. The number of para-hydroxylation sites is 1. The van der Waals surface area contributed by atoms with E-state index in [2.05, 4.69) is 47.8 Å². The number of nitrogens with zero attached hydrogens (tertiary/aromatic N) is 1. The summed E-state index contributed by atoms with van der Waals surface area (Å²) in [6, 6.07) is 12.5. The predicted octanol–water partition coefficient (Wildman–Crippen LogP) is 3.76. The van der Waals surface area contributed by atoms with Crippen molar-refractivity contribution in [1.29, 1.82) is 0 Å². The number of aromatic nitrogens is 1. The van der Waals surface area contributed by atoms with E-state index in [0.29, 0.717) is 0 Å². The number of thioether (sulfide) groups is 1. The molecule has 1 aromatic carbocycles. The molecule has 0 unspecified atom stereocenters. The third-order valence-electron chi connectivity index (χ3n) is 2.10. The van der Waals surface area contributed by atoms with Gasteiger partial charge in [-0.3, -0.25) is 0 Å². The van der Waals surface area contributed by atoms with Gasteiger partial charge in [0.05, 0.1) is 5.69 Å². The highest BCUT2D eigenvalue weighted by molar-refractivity contribution is 7.99. The van der Waals surface area contributed by atoms with Crippen LogP contribution >= 0.6 is 11.8 Å². The minimum atomic E-state index is 0.943. The number of hydrogen-bond acceptors (Lipinski definition) is 1. The summed E-state index contributed by atoms with van der Waals surface area (Å²) in [6.45, 7) is 3.74. The Hall–Kier alpha value is -1.41. The van der Waals surface area contributed by atoms with Gasteiger partial charge in [-0.25, -0.2) is 0 Å². The summed E-state index contributed by atoms with van der Waals surface area (Å²) in [5, 5.41) is 0. The second-order valence-electron chi connectivity index (χ2n) is 3.16. The molecule has 2 rings (SSSR count). The second kappa shape index (κ2) is 4.89. The molecule has 2 heteroatoms. The van der Waals surface area contributed by atoms with E-state index in [1.165, 1.54) is 10.6 Å². The molecule has 15 heavy (non-hydrogen) atoms. The molecule has 76 valence electrons. The van der Waals surface area contributed by atoms with Crippen molar-refractivity contribution in [3.8, 4) is 5.69 Å². The molecule has 0 radical (unpaired) electrons. The van der Waals surface area contributed by atoms with Gasteiger partial charge < -0.3 is 4.57 Å². The predicted molar refractivity (Wildman–Crippen MR) is 66.7 cm³/mol. The Labute approximate surface area is 94.4 Å². The van der Waals surface area contributed by atoms with E-state index in [1.54, 1.807) is 11.8 Å². The fourth-order valence-electron chi connectivity index (χ4n) is 1.44. The molecule has 0 fully saturated rings. The normalized spacial score (nSPS) is 10.1. The first-order valence-electron chi connectivity index (χ1n) is 4.88. The lowest BCUT2D eigenvalue weighted by atomic mass is 10.3. The molecular weight excluding hydrogens is 202 g/mol. The Morgan fingerprint density at radius 1 is 1.13 bits per heavy atom. The van der Waals surface area contributed by atoms with E-state index in [0.717, 1.165) is 5.75 Å². The van der Waals surface area contributed by atoms with E-state index < -0.39 is 0 Å². The molecule has 1 aromatic heterocycles. The number of hydrogen-bond donors (Lipinski definition) is 0. The maximum Gasteiger partial charge on any atom is 0.0585 e. The van der Waals surface area contributed by atoms with Crippen molar-refractivity contribution in [2.24, 2.45) is 0 Å². The van der Waals surface area contributed by atoms with Crippen molar-refractivity contribution in [3.63, 3.8) is 0 Å². The Kier molecular flexibility index (Phi) is 3.30. The SMILES string of the molecule is C=CCSc1ccccc1-n1cccc1. The maximum absolute atomic E-state index is 3.74. The van der Waals surface area contributed by atoms with Crippen molar-refractivity contribution in [2.75, 3.05) is 5.75 Å². The largest absolute Gasteiger partial charge is 0.323 e. The van der Waals surface area contributed by atoms with Crippen LogP contribution in [0.4, 0.5) is 0 Å². The molecule has 0 aliphatic heterocycles. The lowest BCUT2D eigenvalue weighted by molar-refractivity contribution is 1.04. The van der Waals surface area contributed by atoms with Crippen LogP contribution in [0, 0.1) is 0 Å². The van der Waals surface area contributed by atoms with Crippen LogP contribution in [0.15, 0.2) is 66.3 Å². The van der Waals surface area contributed by atoms with Gasteiger partial charge in [0.25, 0.3) is 0 Å². The minimum absolute atomic E-state index is 0.943. The number of benzene rings is 1. The molecule has 0 N–H and O–H groups in total. The fourth-order valence-corrected chi connectivity index (χ4v) is 2.23. The molecular formula is C13H13NS. The Morgan fingerprint density at radius 2 is 1.87 bits per heavy atom. The zero-order chi connectivity index (χ0) is 10.5. The molecule has 1 nitrogen and oxygen atoms in total. The summed E-state index contributed by atoms with van der Waals surface area (Å²) in [5.74, 6) is 0.943. The summed E-state index contributed by atoms with van der Waals surface area (Å²) in [5.41, 5.74) is 1.23. The van der Waals surface area contributed by atoms with E-state index in [9.17, 15) is 0 Å². The van der Waals surface area contributed by atoms with Gasteiger partial charge in [-0.2, -0.15) is 0 Å². The summed E-state index contributed by atoms with van der Waals surface area (Å²) in [6.07, 6.45) is 6.05. The van der Waals surface area contributed by atoms with E-state index >= 15 is 0 Å². The van der Waals surface area contributed by atoms with Gasteiger partial charge in [0.2, 0.25) is 0 Å². The third-order valence-corrected chi connectivity index (χ3v) is 3.16. The average Bonchev–Trinajstić information content (AvgIpc) is 2.80. The van der Waals surface area contributed by atoms with Crippen LogP contribution in [0.3, 0.4) is 0 Å². The number of rotatable bonds is 4. The van der Waals surface area contributed by atoms with Crippen LogP contribution in [0.1, 0.15) is 0 Å². The quantitative estimate of drug-likeness (QED) is 0.555. The summed E-state index contributed by atoms with van der Waals surface area (Å²) in [4.78, 5) is 1.29. The lowest BCUT2D eigenvalue weighted by Gasteiger charge is -2.08. The van der Waals surface area contributed by atoms with Gasteiger partial charge in [0.15, 0.2) is 0 Å². The van der Waals surface area contributed by atoms with E-state index in [-0.39, 0.29) is 0 Å². The van der Waals surface area contributed by atoms with Crippen molar-refractivity contribution >= 4 is 11.8 Å². The van der Waals surface area contributed by atoms with Gasteiger partial charge >= 0.3 is 0 Å². The van der Waals surface area contributed by atoms with Gasteiger partial charge in [-0.15, -0.1) is 18.3 Å². The first-order chi connectivity index (χ1) is 7.42. The molecule has 0 atom stereocenters. The van der Waals surface area contributed by atoms with Gasteiger partial charge in [-0.05, 0) is 24.3 Å². The molecule has 0 spiro atoms. The monoisotopic (exact) mass is 215 g/mol. The van der Waals surface area contributed by atoms with Crippen molar-refractivity contribution < 1.29 is 0 Å². The summed E-state index contributed by atoms with van der Waals surface area (Å²) < 4.78 is 2.13. The second-order valence-corrected chi connectivity index (χ2v) is 4.22. The molecule has 0 aliphatic rings. The van der Waals surface area contributed by atoms with Crippen LogP contribution in [0.5, 0.6) is 0 Å². The minimum Gasteiger partial charge on any atom is -0.323 e. The molecule has 1 heterocycles. The smallest absolute Gasteiger partial charge is 0.0585 e. The summed E-state index contributed by atoms with van der Waals surface area (Å²) >= 11 is 1.81. The zero-order valence-corrected chi connectivity index (χ0v) is 9.28. The average molecular weight is 215 g/mol.